The molecule has 1 atom stereocenters. The Labute approximate surface area is 101 Å². The summed E-state index contributed by atoms with van der Waals surface area (Å²) in [5.74, 6) is 1.27. The van der Waals surface area contributed by atoms with Crippen molar-refractivity contribution in [2.24, 2.45) is 7.05 Å². The predicted molar refractivity (Wildman–Crippen MR) is 68.1 cm³/mol. The molecule has 1 aromatic heterocycles. The van der Waals surface area contributed by atoms with E-state index in [1.165, 1.54) is 0 Å². The molecule has 0 radical (unpaired) electrons. The number of hydrogen-bond donors (Lipinski definition) is 2. The quantitative estimate of drug-likeness (QED) is 0.798. The summed E-state index contributed by atoms with van der Waals surface area (Å²) in [6.07, 6.45) is 3.72. The Bertz CT molecular complexity index is 519. The van der Waals surface area contributed by atoms with Crippen LogP contribution in [0.1, 0.15) is 24.4 Å². The van der Waals surface area contributed by atoms with Gasteiger partial charge >= 0.3 is 0 Å². The molecule has 0 spiro atoms. The van der Waals surface area contributed by atoms with Gasteiger partial charge in [-0.05, 0) is 37.6 Å². The second-order valence-electron chi connectivity index (χ2n) is 4.26. The highest BCUT2D eigenvalue weighted by Crippen LogP contribution is 2.24. The maximum atomic E-state index is 9.36. The molecule has 1 aromatic carbocycles. The minimum Gasteiger partial charge on any atom is -0.508 e. The Morgan fingerprint density at radius 1 is 1.41 bits per heavy atom. The lowest BCUT2D eigenvalue weighted by atomic mass is 10.1. The lowest BCUT2D eigenvalue weighted by molar-refractivity contribution is 0.475. The molecule has 4 heteroatoms. The number of aryl methyl sites for hydroxylation is 2. The molecule has 0 bridgehead atoms. The van der Waals surface area contributed by atoms with Crippen LogP contribution in [-0.2, 0) is 7.05 Å². The Balaban J connectivity index is 2.19. The van der Waals surface area contributed by atoms with Crippen LogP contribution in [0.2, 0.25) is 0 Å². The smallest absolute Gasteiger partial charge is 0.130 e. The summed E-state index contributed by atoms with van der Waals surface area (Å²) in [4.78, 5) is 4.31. The fourth-order valence-electron chi connectivity index (χ4n) is 1.90. The van der Waals surface area contributed by atoms with Crippen molar-refractivity contribution < 1.29 is 5.11 Å². The van der Waals surface area contributed by atoms with E-state index < -0.39 is 0 Å². The number of nitrogens with one attached hydrogen (secondary N) is 1. The van der Waals surface area contributed by atoms with E-state index in [9.17, 15) is 5.11 Å². The molecule has 0 aliphatic heterocycles. The van der Waals surface area contributed by atoms with Gasteiger partial charge in [-0.1, -0.05) is 0 Å². The number of benzene rings is 1. The van der Waals surface area contributed by atoms with Gasteiger partial charge in [-0.2, -0.15) is 0 Å². The largest absolute Gasteiger partial charge is 0.508 e. The van der Waals surface area contributed by atoms with Gasteiger partial charge in [-0.25, -0.2) is 4.98 Å². The van der Waals surface area contributed by atoms with E-state index in [2.05, 4.69) is 17.2 Å². The molecular weight excluding hydrogens is 214 g/mol. The van der Waals surface area contributed by atoms with Crippen LogP contribution in [0.15, 0.2) is 30.6 Å². The van der Waals surface area contributed by atoms with Crippen molar-refractivity contribution in [3.05, 3.63) is 42.0 Å². The summed E-state index contributed by atoms with van der Waals surface area (Å²) >= 11 is 0. The Hall–Kier alpha value is -1.97. The Kier molecular flexibility index (Phi) is 3.04. The minimum atomic E-state index is 0.123. The summed E-state index contributed by atoms with van der Waals surface area (Å²) in [6, 6.07) is 5.43. The van der Waals surface area contributed by atoms with Crippen molar-refractivity contribution in [1.29, 1.82) is 0 Å². The molecule has 0 saturated heterocycles. The predicted octanol–water partition coefficient (Wildman–Crippen LogP) is 2.61. The molecule has 90 valence electrons. The van der Waals surface area contributed by atoms with E-state index in [0.717, 1.165) is 17.1 Å². The first-order chi connectivity index (χ1) is 8.08. The zero-order valence-electron chi connectivity index (χ0n) is 10.3. The highest BCUT2D eigenvalue weighted by Gasteiger charge is 2.10. The molecule has 0 aliphatic rings. The van der Waals surface area contributed by atoms with E-state index in [1.54, 1.807) is 18.3 Å². The second-order valence-corrected chi connectivity index (χ2v) is 4.26. The zero-order chi connectivity index (χ0) is 12.4. The number of aromatic nitrogens is 2. The van der Waals surface area contributed by atoms with Gasteiger partial charge in [0.15, 0.2) is 0 Å². The van der Waals surface area contributed by atoms with Crippen molar-refractivity contribution >= 4 is 5.69 Å². The number of imidazole rings is 1. The molecule has 2 rings (SSSR count). The molecule has 0 aliphatic carbocycles. The van der Waals surface area contributed by atoms with E-state index in [1.807, 2.05) is 30.8 Å². The minimum absolute atomic E-state index is 0.123. The molecule has 2 N–H and O–H groups in total. The topological polar surface area (TPSA) is 50.1 Å². The number of anilines is 1. The lowest BCUT2D eigenvalue weighted by Gasteiger charge is -2.16. The van der Waals surface area contributed by atoms with Gasteiger partial charge in [-0.15, -0.1) is 0 Å². The number of nitrogens with zero attached hydrogens (tertiary/aromatic N) is 2. The van der Waals surface area contributed by atoms with Gasteiger partial charge in [0.25, 0.3) is 0 Å². The molecular formula is C13H17N3O. The number of aromatic hydroxyl groups is 1. The van der Waals surface area contributed by atoms with Gasteiger partial charge in [0.05, 0.1) is 6.04 Å². The van der Waals surface area contributed by atoms with Crippen LogP contribution in [-0.4, -0.2) is 14.7 Å². The van der Waals surface area contributed by atoms with Crippen LogP contribution >= 0.6 is 0 Å². The molecule has 0 amide bonds. The van der Waals surface area contributed by atoms with Crippen LogP contribution in [0.25, 0.3) is 0 Å². The van der Waals surface area contributed by atoms with Gasteiger partial charge in [-0.3, -0.25) is 0 Å². The highest BCUT2D eigenvalue weighted by atomic mass is 16.3. The molecule has 2 aromatic rings. The maximum absolute atomic E-state index is 9.36. The Morgan fingerprint density at radius 2 is 2.18 bits per heavy atom. The van der Waals surface area contributed by atoms with Gasteiger partial charge < -0.3 is 15.0 Å². The molecule has 17 heavy (non-hydrogen) atoms. The average molecular weight is 231 g/mol. The van der Waals surface area contributed by atoms with E-state index in [4.69, 9.17) is 0 Å². The Morgan fingerprint density at radius 3 is 2.76 bits per heavy atom. The number of phenols is 1. The molecule has 0 fully saturated rings. The van der Waals surface area contributed by atoms with Crippen molar-refractivity contribution in [2.75, 3.05) is 5.32 Å². The van der Waals surface area contributed by atoms with Gasteiger partial charge in [0.2, 0.25) is 0 Å². The summed E-state index contributed by atoms with van der Waals surface area (Å²) in [5, 5.41) is 12.7. The fourth-order valence-corrected chi connectivity index (χ4v) is 1.90. The van der Waals surface area contributed by atoms with Crippen LogP contribution in [0.3, 0.4) is 0 Å². The highest BCUT2D eigenvalue weighted by molar-refractivity contribution is 5.54. The SMILES string of the molecule is Cc1cc(O)ccc1NC(C)c1nccn1C. The van der Waals surface area contributed by atoms with Crippen LogP contribution in [0, 0.1) is 6.92 Å². The zero-order valence-corrected chi connectivity index (χ0v) is 10.3. The van der Waals surface area contributed by atoms with Crippen molar-refractivity contribution in [3.63, 3.8) is 0 Å². The van der Waals surface area contributed by atoms with Crippen molar-refractivity contribution in [1.82, 2.24) is 9.55 Å². The van der Waals surface area contributed by atoms with Gasteiger partial charge in [0, 0.05) is 25.1 Å². The van der Waals surface area contributed by atoms with E-state index >= 15 is 0 Å². The fraction of sp³-hybridized carbons (Fsp3) is 0.308. The summed E-state index contributed by atoms with van der Waals surface area (Å²) in [7, 11) is 1.98. The number of rotatable bonds is 3. The van der Waals surface area contributed by atoms with E-state index in [-0.39, 0.29) is 11.8 Å². The second kappa shape index (κ2) is 4.49. The average Bonchev–Trinajstić information content (AvgIpc) is 2.68. The van der Waals surface area contributed by atoms with Crippen LogP contribution < -0.4 is 5.32 Å². The van der Waals surface area contributed by atoms with Crippen molar-refractivity contribution in [2.45, 2.75) is 19.9 Å². The van der Waals surface area contributed by atoms with Crippen molar-refractivity contribution in [3.8, 4) is 5.75 Å². The summed E-state index contributed by atoms with van der Waals surface area (Å²) < 4.78 is 1.99. The molecule has 0 saturated carbocycles. The third-order valence-electron chi connectivity index (χ3n) is 2.83. The first-order valence-electron chi connectivity index (χ1n) is 5.61. The normalized spacial score (nSPS) is 12.4. The monoisotopic (exact) mass is 231 g/mol. The summed E-state index contributed by atoms with van der Waals surface area (Å²) in [6.45, 7) is 4.03. The van der Waals surface area contributed by atoms with Crippen LogP contribution in [0.5, 0.6) is 5.75 Å². The first kappa shape index (κ1) is 11.5. The maximum Gasteiger partial charge on any atom is 0.130 e. The molecule has 1 unspecified atom stereocenters. The number of hydrogen-bond acceptors (Lipinski definition) is 3. The third kappa shape index (κ3) is 2.41. The van der Waals surface area contributed by atoms with E-state index in [0.29, 0.717) is 0 Å². The first-order valence-corrected chi connectivity index (χ1v) is 5.61. The lowest BCUT2D eigenvalue weighted by Crippen LogP contribution is -2.12. The van der Waals surface area contributed by atoms with Crippen LogP contribution in [0.4, 0.5) is 5.69 Å². The summed E-state index contributed by atoms with van der Waals surface area (Å²) in [5.41, 5.74) is 2.03. The molecule has 4 nitrogen and oxygen atoms in total. The standard InChI is InChI=1S/C13H17N3O/c1-9-8-11(17)4-5-12(9)15-10(2)13-14-6-7-16(13)3/h4-8,10,15,17H,1-3H3. The number of phenolic OH excluding ortho intramolecular Hbond substituents is 1. The van der Waals surface area contributed by atoms with Gasteiger partial charge in [0.1, 0.15) is 11.6 Å². The third-order valence-corrected chi connectivity index (χ3v) is 2.83. The molecule has 1 heterocycles.